The number of Topliss-reactive ketones (excluding diaryl/α,β-unsaturated/α-hetero) is 2. The first-order valence-electron chi connectivity index (χ1n) is 7.60. The lowest BCUT2D eigenvalue weighted by molar-refractivity contribution is -0.124. The molecule has 0 bridgehead atoms. The summed E-state index contributed by atoms with van der Waals surface area (Å²) in [5, 5.41) is 1.01. The van der Waals surface area contributed by atoms with Crippen LogP contribution >= 0.6 is 23.2 Å². The van der Waals surface area contributed by atoms with E-state index in [1.807, 2.05) is 13.8 Å². The Morgan fingerprint density at radius 1 is 1.22 bits per heavy atom. The van der Waals surface area contributed by atoms with Crippen molar-refractivity contribution in [3.8, 4) is 0 Å². The minimum atomic E-state index is -0.214. The predicted octanol–water partition coefficient (Wildman–Crippen LogP) is 4.21. The molecule has 0 unspecified atom stereocenters. The minimum Gasteiger partial charge on any atom is -0.294 e. The summed E-state index contributed by atoms with van der Waals surface area (Å²) >= 11 is 12.1. The van der Waals surface area contributed by atoms with Crippen molar-refractivity contribution in [1.82, 2.24) is 5.48 Å². The van der Waals surface area contributed by atoms with Gasteiger partial charge in [0, 0.05) is 22.9 Å². The zero-order valence-electron chi connectivity index (χ0n) is 13.1. The molecule has 2 rings (SSSR count). The highest BCUT2D eigenvalue weighted by atomic mass is 35.5. The third kappa shape index (κ3) is 4.14. The van der Waals surface area contributed by atoms with Crippen LogP contribution in [0.1, 0.15) is 44.6 Å². The molecule has 0 saturated heterocycles. The molecule has 124 valence electrons. The van der Waals surface area contributed by atoms with Crippen molar-refractivity contribution >= 4 is 34.8 Å². The number of hydrogen-bond acceptors (Lipinski definition) is 4. The molecule has 1 aliphatic rings. The van der Waals surface area contributed by atoms with Gasteiger partial charge < -0.3 is 0 Å². The van der Waals surface area contributed by atoms with Gasteiger partial charge in [0.05, 0.1) is 17.9 Å². The number of carbonyl (C=O) groups excluding carboxylic acids is 2. The van der Waals surface area contributed by atoms with Crippen molar-refractivity contribution in [3.05, 3.63) is 45.1 Å². The molecule has 0 aromatic heterocycles. The third-order valence-electron chi connectivity index (χ3n) is 3.82. The summed E-state index contributed by atoms with van der Waals surface area (Å²) in [6.45, 7) is 4.15. The Labute approximate surface area is 145 Å². The lowest BCUT2D eigenvalue weighted by Crippen LogP contribution is -2.29. The summed E-state index contributed by atoms with van der Waals surface area (Å²) < 4.78 is 0. The van der Waals surface area contributed by atoms with Gasteiger partial charge in [-0.1, -0.05) is 36.2 Å². The van der Waals surface area contributed by atoms with E-state index in [1.54, 1.807) is 18.2 Å². The van der Waals surface area contributed by atoms with Gasteiger partial charge in [0.2, 0.25) is 0 Å². The van der Waals surface area contributed by atoms with Crippen molar-refractivity contribution < 1.29 is 14.4 Å². The monoisotopic (exact) mass is 355 g/mol. The molecule has 6 heteroatoms. The van der Waals surface area contributed by atoms with Gasteiger partial charge in [0.15, 0.2) is 11.6 Å². The first kappa shape index (κ1) is 18.0. The van der Waals surface area contributed by atoms with E-state index in [0.717, 1.165) is 5.56 Å². The molecule has 1 saturated carbocycles. The number of hydroxylamine groups is 1. The van der Waals surface area contributed by atoms with Crippen LogP contribution in [0.4, 0.5) is 0 Å². The first-order valence-corrected chi connectivity index (χ1v) is 8.35. The fourth-order valence-corrected chi connectivity index (χ4v) is 3.29. The molecule has 1 fully saturated rings. The Morgan fingerprint density at radius 3 is 2.39 bits per heavy atom. The number of carbonyl (C=O) groups is 2. The fourth-order valence-electron chi connectivity index (χ4n) is 2.73. The Balaban J connectivity index is 2.27. The average molecular weight is 356 g/mol. The van der Waals surface area contributed by atoms with Crippen molar-refractivity contribution in [2.45, 2.75) is 39.0 Å². The topological polar surface area (TPSA) is 55.4 Å². The summed E-state index contributed by atoms with van der Waals surface area (Å²) in [5.41, 5.74) is 4.27. The maximum atomic E-state index is 12.5. The van der Waals surface area contributed by atoms with Gasteiger partial charge in [-0.2, -0.15) is 0 Å². The minimum absolute atomic E-state index is 0.179. The maximum Gasteiger partial charge on any atom is 0.168 e. The van der Waals surface area contributed by atoms with Crippen molar-refractivity contribution in [1.29, 1.82) is 0 Å². The zero-order valence-corrected chi connectivity index (χ0v) is 14.6. The van der Waals surface area contributed by atoms with Crippen LogP contribution in [0.2, 0.25) is 10.0 Å². The van der Waals surface area contributed by atoms with Crippen molar-refractivity contribution in [3.63, 3.8) is 0 Å². The van der Waals surface area contributed by atoms with Crippen LogP contribution in [-0.4, -0.2) is 18.2 Å². The molecule has 0 spiro atoms. The smallest absolute Gasteiger partial charge is 0.168 e. The summed E-state index contributed by atoms with van der Waals surface area (Å²) in [6.07, 6.45) is 1.03. The lowest BCUT2D eigenvalue weighted by Gasteiger charge is -2.25. The lowest BCUT2D eigenvalue weighted by atomic mass is 9.79. The van der Waals surface area contributed by atoms with Crippen LogP contribution in [0.25, 0.3) is 0 Å². The number of allylic oxidation sites excluding steroid dienone is 2. The number of rotatable bonds is 5. The van der Waals surface area contributed by atoms with E-state index < -0.39 is 0 Å². The molecule has 1 aromatic carbocycles. The van der Waals surface area contributed by atoms with Crippen molar-refractivity contribution in [2.24, 2.45) is 0 Å². The molecule has 0 aliphatic heterocycles. The highest BCUT2D eigenvalue weighted by Gasteiger charge is 2.34. The molecule has 0 atom stereocenters. The predicted molar refractivity (Wildman–Crippen MR) is 90.5 cm³/mol. The highest BCUT2D eigenvalue weighted by molar-refractivity contribution is 6.35. The Hall–Kier alpha value is -1.36. The number of ketones is 2. The third-order valence-corrected chi connectivity index (χ3v) is 4.38. The van der Waals surface area contributed by atoms with Crippen LogP contribution in [-0.2, 0) is 14.4 Å². The second-order valence-electron chi connectivity index (χ2n) is 5.36. The molecule has 23 heavy (non-hydrogen) atoms. The summed E-state index contributed by atoms with van der Waals surface area (Å²) in [6, 6.07) is 5.13. The number of benzene rings is 1. The number of nitrogens with one attached hydrogen (secondary N) is 1. The summed E-state index contributed by atoms with van der Waals surface area (Å²) in [4.78, 5) is 30.1. The molecule has 0 amide bonds. The molecule has 4 nitrogen and oxygen atoms in total. The Kier molecular flexibility index (Phi) is 6.22. The largest absolute Gasteiger partial charge is 0.294 e. The number of halogens is 2. The number of hydrogen-bond donors (Lipinski definition) is 1. The molecule has 1 N–H and O–H groups in total. The van der Waals surface area contributed by atoms with E-state index in [9.17, 15) is 9.59 Å². The molecule has 1 aromatic rings. The van der Waals surface area contributed by atoms with E-state index in [0.29, 0.717) is 28.8 Å². The van der Waals surface area contributed by atoms with Crippen LogP contribution in [0.3, 0.4) is 0 Å². The Bertz CT molecular complexity index is 635. The molecular formula is C17H19Cl2NO3. The van der Waals surface area contributed by atoms with Crippen LogP contribution < -0.4 is 5.48 Å². The van der Waals surface area contributed by atoms with E-state index >= 15 is 0 Å². The zero-order chi connectivity index (χ0) is 17.0. The van der Waals surface area contributed by atoms with Gasteiger partial charge in [0.1, 0.15) is 0 Å². The average Bonchev–Trinajstić information content (AvgIpc) is 2.49. The van der Waals surface area contributed by atoms with Crippen LogP contribution in [0.5, 0.6) is 0 Å². The molecular weight excluding hydrogens is 337 g/mol. The SMILES string of the molecule is CCONC(CC)=C1C(=O)CC(c2ccc(Cl)cc2Cl)CC1=O. The normalized spacial score (nSPS) is 18.3. The molecule has 0 radical (unpaired) electrons. The van der Waals surface area contributed by atoms with Crippen molar-refractivity contribution in [2.75, 3.05) is 6.61 Å². The standard InChI is InChI=1S/C17H19Cl2NO3/c1-3-14(20-23-4-2)17-15(21)7-10(8-16(17)22)12-6-5-11(18)9-13(12)19/h5-6,9-10,20H,3-4,7-8H2,1-2H3. The fraction of sp³-hybridized carbons (Fsp3) is 0.412. The molecule has 0 heterocycles. The van der Waals surface area contributed by atoms with E-state index in [1.165, 1.54) is 0 Å². The highest BCUT2D eigenvalue weighted by Crippen LogP contribution is 2.37. The van der Waals surface area contributed by atoms with E-state index in [2.05, 4.69) is 5.48 Å². The van der Waals surface area contributed by atoms with E-state index in [4.69, 9.17) is 28.0 Å². The second kappa shape index (κ2) is 7.95. The van der Waals surface area contributed by atoms with E-state index in [-0.39, 0.29) is 35.9 Å². The first-order chi connectivity index (χ1) is 11.0. The quantitative estimate of drug-likeness (QED) is 0.488. The summed E-state index contributed by atoms with van der Waals surface area (Å²) in [7, 11) is 0. The molecule has 1 aliphatic carbocycles. The van der Waals surface area contributed by atoms with Gasteiger partial charge >= 0.3 is 0 Å². The van der Waals surface area contributed by atoms with Gasteiger partial charge in [-0.3, -0.25) is 19.9 Å². The van der Waals surface area contributed by atoms with Gasteiger partial charge in [-0.25, -0.2) is 0 Å². The summed E-state index contributed by atoms with van der Waals surface area (Å²) in [5.74, 6) is -0.573. The Morgan fingerprint density at radius 2 is 1.87 bits per heavy atom. The van der Waals surface area contributed by atoms with Crippen LogP contribution in [0, 0.1) is 0 Å². The van der Waals surface area contributed by atoms with Gasteiger partial charge in [0.25, 0.3) is 0 Å². The van der Waals surface area contributed by atoms with Gasteiger partial charge in [-0.05, 0) is 37.0 Å². The van der Waals surface area contributed by atoms with Crippen LogP contribution in [0.15, 0.2) is 29.5 Å². The maximum absolute atomic E-state index is 12.5. The second-order valence-corrected chi connectivity index (χ2v) is 6.20. The van der Waals surface area contributed by atoms with Gasteiger partial charge in [-0.15, -0.1) is 0 Å².